The zero-order valence-corrected chi connectivity index (χ0v) is 22.0. The van der Waals surface area contributed by atoms with Crippen LogP contribution in [0.2, 0.25) is 0 Å². The van der Waals surface area contributed by atoms with E-state index in [4.69, 9.17) is 0 Å². The van der Waals surface area contributed by atoms with E-state index in [1.807, 2.05) is 0 Å². The lowest BCUT2D eigenvalue weighted by atomic mass is 9.93. The lowest BCUT2D eigenvalue weighted by Gasteiger charge is -2.11. The van der Waals surface area contributed by atoms with Gasteiger partial charge in [-0.2, -0.15) is 0 Å². The van der Waals surface area contributed by atoms with Crippen molar-refractivity contribution in [2.45, 2.75) is 0 Å². The third kappa shape index (κ3) is 3.77. The summed E-state index contributed by atoms with van der Waals surface area (Å²) in [5.41, 5.74) is 15.2. The molecule has 0 aromatic heterocycles. The maximum Gasteiger partial charge on any atom is -0.00259 e. The Morgan fingerprint density at radius 2 is 0.675 bits per heavy atom. The van der Waals surface area contributed by atoms with Gasteiger partial charge >= 0.3 is 0 Å². The molecule has 0 radical (unpaired) electrons. The van der Waals surface area contributed by atoms with E-state index in [1.165, 1.54) is 77.5 Å². The lowest BCUT2D eigenvalue weighted by molar-refractivity contribution is 1.57. The molecule has 0 saturated carbocycles. The summed E-state index contributed by atoms with van der Waals surface area (Å²) in [7, 11) is 0. The molecule has 1 aliphatic rings. The third-order valence-electron chi connectivity index (χ3n) is 8.20. The van der Waals surface area contributed by atoms with Gasteiger partial charge in [-0.1, -0.05) is 133 Å². The molecule has 0 aliphatic heterocycles. The van der Waals surface area contributed by atoms with Gasteiger partial charge in [0.25, 0.3) is 0 Å². The summed E-state index contributed by atoms with van der Waals surface area (Å²) in [6.07, 6.45) is 0. The Balaban J connectivity index is 1.17. The van der Waals surface area contributed by atoms with E-state index >= 15 is 0 Å². The predicted molar refractivity (Wildman–Crippen MR) is 170 cm³/mol. The van der Waals surface area contributed by atoms with Crippen molar-refractivity contribution in [3.05, 3.63) is 158 Å². The highest BCUT2D eigenvalue weighted by atomic mass is 14.2. The number of benzene rings is 7. The van der Waals surface area contributed by atoms with E-state index in [0.29, 0.717) is 0 Å². The number of fused-ring (bicyclic) bond motifs is 3. The first-order valence-electron chi connectivity index (χ1n) is 13.9. The van der Waals surface area contributed by atoms with Crippen molar-refractivity contribution in [2.75, 3.05) is 0 Å². The average Bonchev–Trinajstić information content (AvgIpc) is 3.36. The molecule has 0 amide bonds. The minimum atomic E-state index is 1.23. The van der Waals surface area contributed by atoms with Crippen LogP contribution in [0.15, 0.2) is 158 Å². The highest BCUT2D eigenvalue weighted by Crippen LogP contribution is 2.48. The summed E-state index contributed by atoms with van der Waals surface area (Å²) < 4.78 is 0. The molecular formula is C40H26. The normalized spacial score (nSPS) is 11.5. The van der Waals surface area contributed by atoms with Crippen molar-refractivity contribution in [3.63, 3.8) is 0 Å². The van der Waals surface area contributed by atoms with Crippen LogP contribution in [0.5, 0.6) is 0 Å². The summed E-state index contributed by atoms with van der Waals surface area (Å²) in [6.45, 7) is 0. The van der Waals surface area contributed by atoms with Gasteiger partial charge in [0.15, 0.2) is 0 Å². The second kappa shape index (κ2) is 9.22. The Hall–Kier alpha value is -5.20. The van der Waals surface area contributed by atoms with Gasteiger partial charge in [0.2, 0.25) is 0 Å². The zero-order chi connectivity index (χ0) is 26.5. The second-order valence-corrected chi connectivity index (χ2v) is 10.6. The zero-order valence-electron chi connectivity index (χ0n) is 22.0. The molecule has 0 unspecified atom stereocenters. The fraction of sp³-hybridized carbons (Fsp3) is 0. The molecular weight excluding hydrogens is 480 g/mol. The number of hydrogen-bond donors (Lipinski definition) is 0. The Morgan fingerprint density at radius 3 is 1.35 bits per heavy atom. The van der Waals surface area contributed by atoms with Gasteiger partial charge in [-0.05, 0) is 102 Å². The first kappa shape index (κ1) is 22.8. The van der Waals surface area contributed by atoms with Gasteiger partial charge in [-0.15, -0.1) is 0 Å². The van der Waals surface area contributed by atoms with Crippen LogP contribution >= 0.6 is 0 Å². The van der Waals surface area contributed by atoms with Crippen molar-refractivity contribution in [2.24, 2.45) is 0 Å². The first-order chi connectivity index (χ1) is 19.8. The van der Waals surface area contributed by atoms with Crippen LogP contribution in [0.25, 0.3) is 77.5 Å². The molecule has 0 fully saturated rings. The average molecular weight is 507 g/mol. The van der Waals surface area contributed by atoms with Crippen molar-refractivity contribution in [3.8, 4) is 66.8 Å². The molecule has 40 heavy (non-hydrogen) atoms. The molecule has 0 heterocycles. The van der Waals surface area contributed by atoms with Crippen LogP contribution in [0.1, 0.15) is 0 Å². The molecule has 0 bridgehead atoms. The number of rotatable bonds is 4. The molecule has 8 rings (SSSR count). The molecule has 0 nitrogen and oxygen atoms in total. The summed E-state index contributed by atoms with van der Waals surface area (Å²) >= 11 is 0. The molecule has 0 N–H and O–H groups in total. The van der Waals surface area contributed by atoms with E-state index < -0.39 is 0 Å². The Labute approximate surface area is 234 Å². The minimum absolute atomic E-state index is 1.23. The lowest BCUT2D eigenvalue weighted by Crippen LogP contribution is -1.85. The summed E-state index contributed by atoms with van der Waals surface area (Å²) in [5.74, 6) is 0. The SMILES string of the molecule is c1ccc(-c2ccc(-c3cccc(-c4cccc(-c5cc6c7c(cccc7c5)-c5ccccc5-6)c4)c3)cc2)cc1. The largest absolute Gasteiger partial charge is 0.0622 e. The smallest absolute Gasteiger partial charge is 0.00259 e. The van der Waals surface area contributed by atoms with Crippen LogP contribution < -0.4 is 0 Å². The van der Waals surface area contributed by atoms with Crippen molar-refractivity contribution < 1.29 is 0 Å². The fourth-order valence-electron chi connectivity index (χ4n) is 6.23. The predicted octanol–water partition coefficient (Wildman–Crippen LogP) is 11.2. The summed E-state index contributed by atoms with van der Waals surface area (Å²) in [6, 6.07) is 57.4. The molecule has 0 spiro atoms. The topological polar surface area (TPSA) is 0 Å². The summed E-state index contributed by atoms with van der Waals surface area (Å²) in [5, 5.41) is 2.67. The Bertz CT molecular complexity index is 2030. The van der Waals surface area contributed by atoms with Gasteiger partial charge in [-0.25, -0.2) is 0 Å². The monoisotopic (exact) mass is 506 g/mol. The van der Waals surface area contributed by atoms with Crippen molar-refractivity contribution in [1.29, 1.82) is 0 Å². The van der Waals surface area contributed by atoms with Crippen LogP contribution in [-0.4, -0.2) is 0 Å². The second-order valence-electron chi connectivity index (χ2n) is 10.6. The van der Waals surface area contributed by atoms with Crippen molar-refractivity contribution >= 4 is 10.8 Å². The molecule has 0 saturated heterocycles. The summed E-state index contributed by atoms with van der Waals surface area (Å²) in [4.78, 5) is 0. The molecule has 0 heteroatoms. The highest BCUT2D eigenvalue weighted by molar-refractivity contribution is 6.16. The van der Waals surface area contributed by atoms with Gasteiger partial charge in [0, 0.05) is 0 Å². The maximum absolute atomic E-state index is 2.38. The molecule has 186 valence electrons. The highest BCUT2D eigenvalue weighted by Gasteiger charge is 2.21. The van der Waals surface area contributed by atoms with Crippen LogP contribution in [0.3, 0.4) is 0 Å². The molecule has 7 aromatic rings. The van der Waals surface area contributed by atoms with Crippen LogP contribution in [0, 0.1) is 0 Å². The quantitative estimate of drug-likeness (QED) is 0.223. The third-order valence-corrected chi connectivity index (χ3v) is 8.20. The van der Waals surface area contributed by atoms with Gasteiger partial charge < -0.3 is 0 Å². The van der Waals surface area contributed by atoms with E-state index in [9.17, 15) is 0 Å². The first-order valence-corrected chi connectivity index (χ1v) is 13.9. The fourth-order valence-corrected chi connectivity index (χ4v) is 6.23. The maximum atomic E-state index is 2.38. The Kier molecular flexibility index (Phi) is 5.24. The van der Waals surface area contributed by atoms with Gasteiger partial charge in [0.1, 0.15) is 0 Å². The van der Waals surface area contributed by atoms with Crippen LogP contribution in [0.4, 0.5) is 0 Å². The van der Waals surface area contributed by atoms with Gasteiger partial charge in [-0.3, -0.25) is 0 Å². The molecule has 0 atom stereocenters. The number of hydrogen-bond acceptors (Lipinski definition) is 0. The van der Waals surface area contributed by atoms with E-state index in [0.717, 1.165) is 0 Å². The van der Waals surface area contributed by atoms with E-state index in [2.05, 4.69) is 158 Å². The molecule has 7 aromatic carbocycles. The van der Waals surface area contributed by atoms with Crippen molar-refractivity contribution in [1.82, 2.24) is 0 Å². The van der Waals surface area contributed by atoms with Crippen LogP contribution in [-0.2, 0) is 0 Å². The van der Waals surface area contributed by atoms with E-state index in [-0.39, 0.29) is 0 Å². The standard InChI is InChI=1S/C40H26/c1-2-9-27(10-3-1)28-19-21-29(22-20-28)30-11-6-12-31(23-30)32-13-7-14-33(24-32)35-25-34-15-8-18-38-36-16-4-5-17-37(36)39(26-35)40(34)38/h1-26H. The van der Waals surface area contributed by atoms with Gasteiger partial charge in [0.05, 0.1) is 0 Å². The molecule has 1 aliphatic carbocycles. The minimum Gasteiger partial charge on any atom is -0.0622 e. The Morgan fingerprint density at radius 1 is 0.225 bits per heavy atom. The van der Waals surface area contributed by atoms with E-state index in [1.54, 1.807) is 0 Å².